The number of anilines is 1. The van der Waals surface area contributed by atoms with Crippen LogP contribution in [-0.2, 0) is 11.3 Å². The maximum Gasteiger partial charge on any atom is 0.439 e. The predicted molar refractivity (Wildman–Crippen MR) is 151 cm³/mol. The number of nitrogens with zero attached hydrogens (tertiary/aromatic N) is 5. The first-order valence-electron chi connectivity index (χ1n) is 13.5. The first-order valence-corrected chi connectivity index (χ1v) is 13.9. The Balaban J connectivity index is 1.42. The Labute approximate surface area is 234 Å². The van der Waals surface area contributed by atoms with Gasteiger partial charge in [-0.25, -0.2) is 14.8 Å². The second kappa shape index (κ2) is 8.82. The van der Waals surface area contributed by atoms with Gasteiger partial charge in [-0.3, -0.25) is 9.51 Å². The van der Waals surface area contributed by atoms with Crippen LogP contribution in [0.4, 0.5) is 5.95 Å². The van der Waals surface area contributed by atoms with Gasteiger partial charge in [-0.05, 0) is 36.6 Å². The van der Waals surface area contributed by atoms with Gasteiger partial charge in [0.25, 0.3) is 0 Å². The molecule has 0 saturated carbocycles. The van der Waals surface area contributed by atoms with E-state index in [2.05, 4.69) is 50.8 Å². The molecule has 8 rings (SSSR count). The molecule has 3 atom stereocenters. The summed E-state index contributed by atoms with van der Waals surface area (Å²) in [6, 6.07) is 20.0. The molecule has 0 bridgehead atoms. The number of nitrogens with one attached hydrogen (secondary N) is 1. The molecule has 0 amide bonds. The molecule has 0 saturated heterocycles. The number of H-pyrrole nitrogens is 1. The minimum absolute atomic E-state index is 0.0162. The third-order valence-electron chi connectivity index (χ3n) is 8.29. The number of allylic oxidation sites excluding steroid dienone is 2. The Morgan fingerprint density at radius 3 is 2.73 bits per heavy atom. The summed E-state index contributed by atoms with van der Waals surface area (Å²) < 4.78 is 13.6. The van der Waals surface area contributed by atoms with E-state index in [1.165, 1.54) is 11.3 Å². The van der Waals surface area contributed by atoms with Crippen molar-refractivity contribution in [3.8, 4) is 22.8 Å². The van der Waals surface area contributed by atoms with E-state index in [9.17, 15) is 4.79 Å². The van der Waals surface area contributed by atoms with Crippen molar-refractivity contribution in [2.45, 2.75) is 32.4 Å². The van der Waals surface area contributed by atoms with Gasteiger partial charge in [-0.1, -0.05) is 66.1 Å². The topological polar surface area (TPSA) is 102 Å². The van der Waals surface area contributed by atoms with Gasteiger partial charge in [0.2, 0.25) is 11.8 Å². The van der Waals surface area contributed by atoms with Gasteiger partial charge in [0, 0.05) is 29.0 Å². The van der Waals surface area contributed by atoms with Crippen molar-refractivity contribution < 1.29 is 9.26 Å². The Kier molecular flexibility index (Phi) is 5.19. The van der Waals surface area contributed by atoms with Crippen molar-refractivity contribution in [1.82, 2.24) is 24.7 Å². The lowest BCUT2D eigenvalue weighted by atomic mass is 9.81. The third kappa shape index (κ3) is 3.54. The molecule has 3 aliphatic rings. The van der Waals surface area contributed by atoms with Gasteiger partial charge in [-0.2, -0.15) is 0 Å². The van der Waals surface area contributed by atoms with Gasteiger partial charge in [-0.15, -0.1) is 0 Å². The van der Waals surface area contributed by atoms with Crippen LogP contribution < -0.4 is 10.7 Å². The van der Waals surface area contributed by atoms with Crippen molar-refractivity contribution in [1.29, 1.82) is 0 Å². The van der Waals surface area contributed by atoms with E-state index in [0.29, 0.717) is 29.2 Å². The lowest BCUT2D eigenvalue weighted by molar-refractivity contribution is 0.112. The summed E-state index contributed by atoms with van der Waals surface area (Å²) in [7, 11) is 0. The molecule has 40 heavy (non-hydrogen) atoms. The summed E-state index contributed by atoms with van der Waals surface area (Å²) in [6.45, 7) is 3.57. The number of hydrogen-bond donors (Lipinski definition) is 1. The van der Waals surface area contributed by atoms with Crippen LogP contribution in [0.2, 0.25) is 5.02 Å². The van der Waals surface area contributed by atoms with Gasteiger partial charge < -0.3 is 14.2 Å². The highest BCUT2D eigenvalue weighted by Gasteiger charge is 2.45. The monoisotopic (exact) mass is 552 g/mol. The number of hydrogen-bond acceptors (Lipinski definition) is 7. The van der Waals surface area contributed by atoms with Crippen LogP contribution in [0.3, 0.4) is 0 Å². The second-order valence-electron chi connectivity index (χ2n) is 10.7. The molecule has 2 aliphatic heterocycles. The number of rotatable bonds is 3. The van der Waals surface area contributed by atoms with Crippen molar-refractivity contribution in [3.63, 3.8) is 0 Å². The van der Waals surface area contributed by atoms with Gasteiger partial charge in [0.05, 0.1) is 28.5 Å². The Hall–Kier alpha value is -4.37. The average Bonchev–Trinajstić information content (AvgIpc) is 3.58. The quantitative estimate of drug-likeness (QED) is 0.295. The molecule has 5 heterocycles. The lowest BCUT2D eigenvalue weighted by Crippen LogP contribution is -2.46. The van der Waals surface area contributed by atoms with E-state index in [0.717, 1.165) is 53.4 Å². The molecule has 9 nitrogen and oxygen atoms in total. The highest BCUT2D eigenvalue weighted by atomic mass is 35.5. The Morgan fingerprint density at radius 1 is 1.05 bits per heavy atom. The summed E-state index contributed by atoms with van der Waals surface area (Å²) in [6.07, 6.45) is 2.15. The zero-order valence-corrected chi connectivity index (χ0v) is 22.4. The number of aromatic nitrogens is 5. The first kappa shape index (κ1) is 23.5. The molecule has 0 radical (unpaired) electrons. The second-order valence-corrected chi connectivity index (χ2v) is 11.2. The van der Waals surface area contributed by atoms with Crippen molar-refractivity contribution in [3.05, 3.63) is 93.3 Å². The van der Waals surface area contributed by atoms with E-state index in [-0.39, 0.29) is 11.9 Å². The molecule has 10 heteroatoms. The largest absolute Gasteiger partial charge is 0.493 e. The Morgan fingerprint density at radius 2 is 1.93 bits per heavy atom. The highest BCUT2D eigenvalue weighted by molar-refractivity contribution is 6.30. The normalized spacial score (nSPS) is 21.8. The van der Waals surface area contributed by atoms with Gasteiger partial charge in [0.15, 0.2) is 0 Å². The predicted octanol–water partition coefficient (Wildman–Crippen LogP) is 5.94. The van der Waals surface area contributed by atoms with Crippen LogP contribution in [0.1, 0.15) is 31.4 Å². The first-order chi connectivity index (χ1) is 19.5. The maximum absolute atomic E-state index is 11.8. The molecule has 2 aromatic carbocycles. The number of benzene rings is 2. The fourth-order valence-electron chi connectivity index (χ4n) is 6.48. The van der Waals surface area contributed by atoms with Crippen LogP contribution >= 0.6 is 11.6 Å². The zero-order chi connectivity index (χ0) is 27.0. The third-order valence-corrected chi connectivity index (χ3v) is 8.53. The van der Waals surface area contributed by atoms with Crippen LogP contribution in [0.15, 0.2) is 81.4 Å². The van der Waals surface area contributed by atoms with Gasteiger partial charge in [0.1, 0.15) is 18.1 Å². The van der Waals surface area contributed by atoms with Crippen LogP contribution in [0.5, 0.6) is 0 Å². The minimum Gasteiger partial charge on any atom is -0.493 e. The Bertz CT molecular complexity index is 1870. The van der Waals surface area contributed by atoms with E-state index in [1.54, 1.807) is 0 Å². The van der Waals surface area contributed by atoms with Crippen molar-refractivity contribution in [2.75, 3.05) is 11.5 Å². The summed E-state index contributed by atoms with van der Waals surface area (Å²) in [5.74, 6) is 2.22. The van der Waals surface area contributed by atoms with Crippen LogP contribution in [0, 0.1) is 11.8 Å². The number of halogens is 1. The highest BCUT2D eigenvalue weighted by Crippen LogP contribution is 2.50. The number of aromatic amines is 1. The zero-order valence-electron chi connectivity index (χ0n) is 21.7. The molecule has 0 fully saturated rings. The molecular formula is C30H25ClN6O3. The van der Waals surface area contributed by atoms with Gasteiger partial charge >= 0.3 is 5.76 Å². The molecule has 1 N–H and O–H groups in total. The summed E-state index contributed by atoms with van der Waals surface area (Å²) in [5, 5.41) is 4.51. The standard InChI is InChI=1S/C30H25ClN6O3/c1-16-10-11-19-14-36-26-21(33-29(36)37-23(15-39-27(16)25(19)37)17-6-3-2-4-7-17)13-22(28-34-30(38)40-35-28)32-24(26)18-8-5-9-20(31)12-18/h2-9,12-13,16,19,23H,10-11,14-15H2,1H3,(H,34,35,38)/t16-,19+,23+/m1/s1. The SMILES string of the molecule is C[C@@H]1CC[C@H]2Cn3c(nc4cc(-c5noc(=O)[nH]5)nc(-c5cccc(Cl)c5)c43)N3C2=C1OC[C@H]3c1ccccc1. The van der Waals surface area contributed by atoms with Crippen LogP contribution in [-0.4, -0.2) is 31.3 Å². The smallest absolute Gasteiger partial charge is 0.439 e. The summed E-state index contributed by atoms with van der Waals surface area (Å²) >= 11 is 6.43. The molecule has 200 valence electrons. The van der Waals surface area contributed by atoms with E-state index in [4.69, 9.17) is 30.8 Å². The average molecular weight is 553 g/mol. The molecule has 0 spiro atoms. The molecule has 5 aromatic rings. The number of ether oxygens (including phenoxy) is 1. The number of pyridine rings is 1. The molecule has 3 aromatic heterocycles. The molecular weight excluding hydrogens is 528 g/mol. The number of imidazole rings is 1. The van der Waals surface area contributed by atoms with Crippen LogP contribution in [0.25, 0.3) is 33.8 Å². The molecule has 1 aliphatic carbocycles. The van der Waals surface area contributed by atoms with Crippen molar-refractivity contribution >= 4 is 28.6 Å². The minimum atomic E-state index is -0.637. The van der Waals surface area contributed by atoms with E-state index in [1.807, 2.05) is 36.4 Å². The van der Waals surface area contributed by atoms with E-state index < -0.39 is 5.76 Å². The summed E-state index contributed by atoms with van der Waals surface area (Å²) in [4.78, 5) is 27.0. The van der Waals surface area contributed by atoms with Crippen molar-refractivity contribution in [2.24, 2.45) is 11.8 Å². The van der Waals surface area contributed by atoms with E-state index >= 15 is 0 Å². The fraction of sp³-hybridized carbons (Fsp3) is 0.267. The summed E-state index contributed by atoms with van der Waals surface area (Å²) in [5.41, 5.74) is 6.15. The lowest BCUT2D eigenvalue weighted by Gasteiger charge is -2.48. The maximum atomic E-state index is 11.8. The molecule has 0 unspecified atom stereocenters. The fourth-order valence-corrected chi connectivity index (χ4v) is 6.67. The number of fused-ring (bicyclic) bond motifs is 4.